The lowest BCUT2D eigenvalue weighted by Crippen LogP contribution is -2.25. The van der Waals surface area contributed by atoms with E-state index in [9.17, 15) is 9.59 Å². The highest BCUT2D eigenvalue weighted by molar-refractivity contribution is 7.99. The number of nitrogens with zero attached hydrogens (tertiary/aromatic N) is 3. The minimum Gasteiger partial charge on any atom is -0.497 e. The maximum Gasteiger partial charge on any atom is 0.251 e. The molecule has 0 aliphatic rings. The highest BCUT2D eigenvalue weighted by Crippen LogP contribution is 2.20. The first-order chi connectivity index (χ1) is 17.5. The van der Waals surface area contributed by atoms with Gasteiger partial charge in [0.05, 0.1) is 26.0 Å². The molecule has 1 heterocycles. The summed E-state index contributed by atoms with van der Waals surface area (Å²) in [5.41, 5.74) is 3.46. The Kier molecular flexibility index (Phi) is 8.36. The van der Waals surface area contributed by atoms with Crippen LogP contribution in [-0.4, -0.2) is 39.4 Å². The number of anilines is 1. The number of hydrogen-bond acceptors (Lipinski definition) is 6. The van der Waals surface area contributed by atoms with Crippen LogP contribution in [-0.2, 0) is 17.9 Å². The molecule has 9 heteroatoms. The number of thioether (sulfide) groups is 1. The van der Waals surface area contributed by atoms with Crippen LogP contribution in [0.5, 0.6) is 5.75 Å². The molecule has 1 aromatic heterocycles. The predicted octanol–water partition coefficient (Wildman–Crippen LogP) is 4.30. The molecule has 0 spiro atoms. The Morgan fingerprint density at radius 2 is 1.67 bits per heavy atom. The van der Waals surface area contributed by atoms with E-state index >= 15 is 0 Å². The number of carbonyl (C=O) groups is 2. The van der Waals surface area contributed by atoms with Gasteiger partial charge in [0.25, 0.3) is 5.91 Å². The zero-order chi connectivity index (χ0) is 25.3. The summed E-state index contributed by atoms with van der Waals surface area (Å²) >= 11 is 1.30. The fourth-order valence-corrected chi connectivity index (χ4v) is 4.21. The molecule has 0 saturated heterocycles. The first-order valence-corrected chi connectivity index (χ1v) is 12.4. The van der Waals surface area contributed by atoms with Crippen molar-refractivity contribution in [3.05, 3.63) is 101 Å². The average Bonchev–Trinajstić information content (AvgIpc) is 3.29. The van der Waals surface area contributed by atoms with Crippen LogP contribution in [0.2, 0.25) is 0 Å². The lowest BCUT2D eigenvalue weighted by atomic mass is 10.2. The summed E-state index contributed by atoms with van der Waals surface area (Å²) < 4.78 is 7.07. The summed E-state index contributed by atoms with van der Waals surface area (Å²) in [5.74, 6) is 1.11. The molecule has 0 bridgehead atoms. The molecular formula is C27H27N5O3S. The van der Waals surface area contributed by atoms with Gasteiger partial charge in [0.2, 0.25) is 5.91 Å². The van der Waals surface area contributed by atoms with Crippen molar-refractivity contribution in [3.8, 4) is 5.75 Å². The smallest absolute Gasteiger partial charge is 0.251 e. The van der Waals surface area contributed by atoms with Gasteiger partial charge in [-0.2, -0.15) is 0 Å². The van der Waals surface area contributed by atoms with Gasteiger partial charge in [-0.25, -0.2) is 0 Å². The Morgan fingerprint density at radius 3 is 2.36 bits per heavy atom. The molecule has 4 rings (SSSR count). The predicted molar refractivity (Wildman–Crippen MR) is 140 cm³/mol. The monoisotopic (exact) mass is 501 g/mol. The molecule has 8 nitrogen and oxygen atoms in total. The van der Waals surface area contributed by atoms with Crippen molar-refractivity contribution in [2.24, 2.45) is 0 Å². The molecular weight excluding hydrogens is 474 g/mol. The third kappa shape index (κ3) is 6.73. The highest BCUT2D eigenvalue weighted by Gasteiger charge is 2.16. The van der Waals surface area contributed by atoms with Gasteiger partial charge in [-0.3, -0.25) is 9.59 Å². The van der Waals surface area contributed by atoms with E-state index in [1.54, 1.807) is 31.4 Å². The topological polar surface area (TPSA) is 98.1 Å². The molecule has 184 valence electrons. The van der Waals surface area contributed by atoms with Crippen molar-refractivity contribution >= 4 is 29.3 Å². The zero-order valence-electron chi connectivity index (χ0n) is 20.1. The fraction of sp³-hybridized carbons (Fsp3) is 0.185. The van der Waals surface area contributed by atoms with Crippen molar-refractivity contribution in [3.63, 3.8) is 0 Å². The third-order valence-corrected chi connectivity index (χ3v) is 6.37. The van der Waals surface area contributed by atoms with Gasteiger partial charge in [-0.1, -0.05) is 59.8 Å². The Morgan fingerprint density at radius 1 is 0.944 bits per heavy atom. The van der Waals surface area contributed by atoms with Crippen LogP contribution in [0.15, 0.2) is 84.0 Å². The molecule has 0 aliphatic carbocycles. The van der Waals surface area contributed by atoms with E-state index in [0.717, 1.165) is 16.8 Å². The van der Waals surface area contributed by atoms with E-state index in [0.29, 0.717) is 28.8 Å². The SMILES string of the molecule is COc1ccc(C(=O)NCc2nnc(SCC(=O)Nc3ccc(C)cc3)n2Cc2ccccc2)cc1. The minimum absolute atomic E-state index is 0.132. The minimum atomic E-state index is -0.224. The zero-order valence-corrected chi connectivity index (χ0v) is 20.9. The summed E-state index contributed by atoms with van der Waals surface area (Å²) in [7, 11) is 1.58. The summed E-state index contributed by atoms with van der Waals surface area (Å²) in [6.07, 6.45) is 0. The Hall–Kier alpha value is -4.11. The van der Waals surface area contributed by atoms with Gasteiger partial charge in [0.1, 0.15) is 5.75 Å². The van der Waals surface area contributed by atoms with E-state index in [1.165, 1.54) is 11.8 Å². The molecule has 0 fully saturated rings. The number of aryl methyl sites for hydroxylation is 1. The molecule has 0 atom stereocenters. The summed E-state index contributed by atoms with van der Waals surface area (Å²) in [6, 6.07) is 24.4. The molecule has 36 heavy (non-hydrogen) atoms. The van der Waals surface area contributed by atoms with E-state index in [1.807, 2.05) is 66.1 Å². The van der Waals surface area contributed by atoms with Crippen LogP contribution in [0.3, 0.4) is 0 Å². The number of benzene rings is 3. The van der Waals surface area contributed by atoms with Crippen LogP contribution in [0.1, 0.15) is 27.3 Å². The maximum absolute atomic E-state index is 12.6. The van der Waals surface area contributed by atoms with E-state index in [2.05, 4.69) is 20.8 Å². The summed E-state index contributed by atoms with van der Waals surface area (Å²) in [4.78, 5) is 25.1. The number of methoxy groups -OCH3 is 1. The van der Waals surface area contributed by atoms with Crippen LogP contribution in [0, 0.1) is 6.92 Å². The molecule has 0 saturated carbocycles. The van der Waals surface area contributed by atoms with Crippen LogP contribution >= 0.6 is 11.8 Å². The molecule has 2 amide bonds. The Bertz CT molecular complexity index is 1310. The molecule has 0 unspecified atom stereocenters. The second-order valence-electron chi connectivity index (χ2n) is 8.08. The maximum atomic E-state index is 12.6. The van der Waals surface area contributed by atoms with Gasteiger partial charge < -0.3 is 19.9 Å². The summed E-state index contributed by atoms with van der Waals surface area (Å²) in [6.45, 7) is 2.71. The van der Waals surface area contributed by atoms with E-state index in [4.69, 9.17) is 4.74 Å². The normalized spacial score (nSPS) is 10.6. The molecule has 4 aromatic rings. The Balaban J connectivity index is 1.44. The van der Waals surface area contributed by atoms with Crippen molar-refractivity contribution in [2.45, 2.75) is 25.2 Å². The number of carbonyl (C=O) groups excluding carboxylic acids is 2. The number of aromatic nitrogens is 3. The number of nitrogens with one attached hydrogen (secondary N) is 2. The third-order valence-electron chi connectivity index (χ3n) is 5.40. The molecule has 3 aromatic carbocycles. The lowest BCUT2D eigenvalue weighted by molar-refractivity contribution is -0.113. The van der Waals surface area contributed by atoms with Gasteiger partial charge >= 0.3 is 0 Å². The molecule has 2 N–H and O–H groups in total. The first-order valence-electron chi connectivity index (χ1n) is 11.4. The van der Waals surface area contributed by atoms with Gasteiger partial charge in [0.15, 0.2) is 11.0 Å². The molecule has 0 radical (unpaired) electrons. The van der Waals surface area contributed by atoms with Crippen molar-refractivity contribution in [1.29, 1.82) is 0 Å². The van der Waals surface area contributed by atoms with Gasteiger partial charge in [0, 0.05) is 11.3 Å². The molecule has 0 aliphatic heterocycles. The first kappa shape index (κ1) is 25.0. The van der Waals surface area contributed by atoms with E-state index in [-0.39, 0.29) is 24.1 Å². The standard InChI is InChI=1S/C27H27N5O3S/c1-19-8-12-22(13-9-19)29-25(33)18-36-27-31-30-24(32(27)17-20-6-4-3-5-7-20)16-28-26(34)21-10-14-23(35-2)15-11-21/h3-15H,16-18H2,1-2H3,(H,28,34)(H,29,33). The highest BCUT2D eigenvalue weighted by atomic mass is 32.2. The number of ether oxygens (including phenoxy) is 1. The van der Waals surface area contributed by atoms with Crippen molar-refractivity contribution in [2.75, 3.05) is 18.2 Å². The fourth-order valence-electron chi connectivity index (χ4n) is 3.45. The Labute approximate surface area is 214 Å². The van der Waals surface area contributed by atoms with Gasteiger partial charge in [-0.15, -0.1) is 10.2 Å². The quantitative estimate of drug-likeness (QED) is 0.314. The second kappa shape index (κ2) is 12.0. The lowest BCUT2D eigenvalue weighted by Gasteiger charge is -2.11. The van der Waals surface area contributed by atoms with E-state index < -0.39 is 0 Å². The average molecular weight is 502 g/mol. The van der Waals surface area contributed by atoms with Crippen LogP contribution in [0.25, 0.3) is 0 Å². The van der Waals surface area contributed by atoms with Gasteiger partial charge in [-0.05, 0) is 48.9 Å². The summed E-state index contributed by atoms with van der Waals surface area (Å²) in [5, 5.41) is 15.0. The second-order valence-corrected chi connectivity index (χ2v) is 9.03. The van der Waals surface area contributed by atoms with Crippen LogP contribution in [0.4, 0.5) is 5.69 Å². The number of hydrogen-bond donors (Lipinski definition) is 2. The largest absolute Gasteiger partial charge is 0.497 e. The number of amides is 2. The number of rotatable bonds is 10. The van der Waals surface area contributed by atoms with Crippen LogP contribution < -0.4 is 15.4 Å². The van der Waals surface area contributed by atoms with Crippen molar-refractivity contribution < 1.29 is 14.3 Å². The van der Waals surface area contributed by atoms with Crippen molar-refractivity contribution in [1.82, 2.24) is 20.1 Å².